The lowest BCUT2D eigenvalue weighted by Gasteiger charge is -2.32. The molecular weight excluding hydrogens is 630 g/mol. The number of para-hydroxylation sites is 1. The molecule has 1 aromatic heterocycles. The van der Waals surface area contributed by atoms with Crippen LogP contribution in [0, 0.1) is 0 Å². The molecule has 4 atom stereocenters. The predicted molar refractivity (Wildman–Crippen MR) is 178 cm³/mol. The second kappa shape index (κ2) is 14.9. The van der Waals surface area contributed by atoms with Gasteiger partial charge in [0.2, 0.25) is 17.6 Å². The largest absolute Gasteiger partial charge is 0.479 e. The van der Waals surface area contributed by atoms with Crippen molar-refractivity contribution in [3.8, 4) is 22.9 Å². The standard InChI is InChI=1S/C35H43N7O7/c1-5-35(32(45)46)19-12-7-6-11-18-27(36-33(47)49-34(2,3)4)31(44)41-22-24(21-28(41)30(43)37-35)42-39-29(38-40-42)23-14-13-17-26(20-23)48-25-15-9-8-10-16-25/h8-10,12-17,19-20,24,27-28H,5-7,11,18,21-22H2,1-4H3,(H,36,47)(H,37,43)(H,45,46)/b19-12-/t24-,27+,28+,35-/m1/s1. The number of ether oxygens (including phenoxy) is 2. The van der Waals surface area contributed by atoms with Gasteiger partial charge in [-0.15, -0.1) is 10.2 Å². The van der Waals surface area contributed by atoms with E-state index in [4.69, 9.17) is 9.47 Å². The number of carbonyl (C=O) groups excluding carboxylic acids is 3. The number of benzene rings is 2. The average molecular weight is 674 g/mol. The van der Waals surface area contributed by atoms with Crippen molar-refractivity contribution in [1.82, 2.24) is 35.7 Å². The first-order chi connectivity index (χ1) is 23.4. The van der Waals surface area contributed by atoms with Gasteiger partial charge in [0.15, 0.2) is 5.54 Å². The molecule has 2 aliphatic heterocycles. The number of carboxylic acid groups (broad SMARTS) is 1. The highest BCUT2D eigenvalue weighted by atomic mass is 16.6. The number of hydrogen-bond donors (Lipinski definition) is 3. The van der Waals surface area contributed by atoms with Gasteiger partial charge in [-0.05, 0) is 75.9 Å². The van der Waals surface area contributed by atoms with E-state index in [9.17, 15) is 24.3 Å². The number of nitrogens with one attached hydrogen (secondary N) is 2. The highest BCUT2D eigenvalue weighted by Gasteiger charge is 2.46. The highest BCUT2D eigenvalue weighted by molar-refractivity contribution is 5.95. The zero-order chi connectivity index (χ0) is 35.2. The first-order valence-electron chi connectivity index (χ1n) is 16.5. The van der Waals surface area contributed by atoms with Gasteiger partial charge in [0.25, 0.3) is 0 Å². The van der Waals surface area contributed by atoms with Crippen molar-refractivity contribution < 1.29 is 33.8 Å². The number of aliphatic carboxylic acids is 1. The second-order valence-corrected chi connectivity index (χ2v) is 13.3. The number of alkyl carbamates (subject to hydrolysis) is 1. The Balaban J connectivity index is 1.43. The van der Waals surface area contributed by atoms with E-state index in [0.29, 0.717) is 48.6 Å². The van der Waals surface area contributed by atoms with E-state index in [1.807, 2.05) is 48.5 Å². The third-order valence-corrected chi connectivity index (χ3v) is 8.48. The molecule has 0 unspecified atom stereocenters. The Morgan fingerprint density at radius 1 is 1.08 bits per heavy atom. The molecule has 3 amide bonds. The van der Waals surface area contributed by atoms with E-state index >= 15 is 0 Å². The number of carboxylic acids is 1. The van der Waals surface area contributed by atoms with E-state index < -0.39 is 53.1 Å². The second-order valence-electron chi connectivity index (χ2n) is 13.3. The molecule has 5 rings (SSSR count). The lowest BCUT2D eigenvalue weighted by molar-refractivity contribution is -0.147. The van der Waals surface area contributed by atoms with Crippen molar-refractivity contribution in [2.24, 2.45) is 0 Å². The Kier molecular flexibility index (Phi) is 10.6. The normalized spacial score (nSPS) is 24.0. The molecule has 3 heterocycles. The molecule has 2 aliphatic rings. The zero-order valence-corrected chi connectivity index (χ0v) is 28.2. The van der Waals surface area contributed by atoms with Gasteiger partial charge in [-0.25, -0.2) is 9.59 Å². The molecule has 2 aromatic carbocycles. The first-order valence-corrected chi connectivity index (χ1v) is 16.5. The molecule has 0 saturated carbocycles. The SMILES string of the molecule is CC[C@]1(C(=O)O)/C=C\CCCC[C@H](NC(=O)OC(C)(C)C)C(=O)N2C[C@H](n3nnc(-c4cccc(Oc5ccccc5)c4)n3)C[C@H]2C(=O)N1. The average Bonchev–Trinajstić information content (AvgIpc) is 3.73. The zero-order valence-electron chi connectivity index (χ0n) is 28.2. The molecule has 3 N–H and O–H groups in total. The molecule has 0 aliphatic carbocycles. The fraction of sp³-hybridized carbons (Fsp3) is 0.457. The van der Waals surface area contributed by atoms with E-state index in [2.05, 4.69) is 26.0 Å². The van der Waals surface area contributed by atoms with Crippen molar-refractivity contribution in [3.63, 3.8) is 0 Å². The smallest absolute Gasteiger partial charge is 0.408 e. The Morgan fingerprint density at radius 3 is 2.55 bits per heavy atom. The number of aromatic nitrogens is 4. The molecule has 14 heteroatoms. The maximum atomic E-state index is 14.2. The van der Waals surface area contributed by atoms with Gasteiger partial charge in [0, 0.05) is 18.5 Å². The van der Waals surface area contributed by atoms with Crippen molar-refractivity contribution in [3.05, 3.63) is 66.7 Å². The van der Waals surface area contributed by atoms with Crippen LogP contribution >= 0.6 is 0 Å². The van der Waals surface area contributed by atoms with E-state index in [0.717, 1.165) is 0 Å². The van der Waals surface area contributed by atoms with E-state index in [1.54, 1.807) is 39.8 Å². The summed E-state index contributed by atoms with van der Waals surface area (Å²) < 4.78 is 11.4. The third kappa shape index (κ3) is 8.61. The molecule has 49 heavy (non-hydrogen) atoms. The summed E-state index contributed by atoms with van der Waals surface area (Å²) in [4.78, 5) is 56.2. The van der Waals surface area contributed by atoms with Crippen LogP contribution < -0.4 is 15.4 Å². The van der Waals surface area contributed by atoms with Gasteiger partial charge < -0.3 is 30.1 Å². The Morgan fingerprint density at radius 2 is 1.84 bits per heavy atom. The van der Waals surface area contributed by atoms with E-state index in [1.165, 1.54) is 15.8 Å². The van der Waals surface area contributed by atoms with Crippen LogP contribution in [0.1, 0.15) is 72.3 Å². The van der Waals surface area contributed by atoms with Crippen LogP contribution in [-0.2, 0) is 19.1 Å². The van der Waals surface area contributed by atoms with Crippen LogP contribution in [0.5, 0.6) is 11.5 Å². The molecule has 0 bridgehead atoms. The van der Waals surface area contributed by atoms with Gasteiger partial charge in [0.05, 0.1) is 6.04 Å². The van der Waals surface area contributed by atoms with Crippen molar-refractivity contribution in [2.45, 2.75) is 95.5 Å². The fourth-order valence-corrected chi connectivity index (χ4v) is 5.92. The Bertz CT molecular complexity index is 1690. The summed E-state index contributed by atoms with van der Waals surface area (Å²) >= 11 is 0. The molecule has 14 nitrogen and oxygen atoms in total. The van der Waals surface area contributed by atoms with Crippen LogP contribution in [0.3, 0.4) is 0 Å². The van der Waals surface area contributed by atoms with Gasteiger partial charge in [-0.3, -0.25) is 9.59 Å². The molecule has 1 fully saturated rings. The minimum Gasteiger partial charge on any atom is -0.479 e. The highest BCUT2D eigenvalue weighted by Crippen LogP contribution is 2.31. The van der Waals surface area contributed by atoms with Crippen LogP contribution in [0.4, 0.5) is 4.79 Å². The summed E-state index contributed by atoms with van der Waals surface area (Å²) in [5.41, 5.74) is -1.79. The topological polar surface area (TPSA) is 178 Å². The van der Waals surface area contributed by atoms with Crippen molar-refractivity contribution >= 4 is 23.9 Å². The van der Waals surface area contributed by atoms with Gasteiger partial charge >= 0.3 is 12.1 Å². The molecule has 260 valence electrons. The number of tetrazole rings is 1. The quantitative estimate of drug-likeness (QED) is 0.299. The van der Waals surface area contributed by atoms with Gasteiger partial charge in [-0.1, -0.05) is 55.8 Å². The number of allylic oxidation sites excluding steroid dienone is 1. The Labute approximate surface area is 284 Å². The lowest BCUT2D eigenvalue weighted by atomic mass is 9.94. The fourth-order valence-electron chi connectivity index (χ4n) is 5.92. The molecule has 1 saturated heterocycles. The predicted octanol–water partition coefficient (Wildman–Crippen LogP) is 4.65. The third-order valence-electron chi connectivity index (χ3n) is 8.48. The minimum atomic E-state index is -1.66. The maximum Gasteiger partial charge on any atom is 0.408 e. The molecule has 3 aromatic rings. The van der Waals surface area contributed by atoms with Crippen molar-refractivity contribution in [2.75, 3.05) is 6.54 Å². The summed E-state index contributed by atoms with van der Waals surface area (Å²) in [7, 11) is 0. The minimum absolute atomic E-state index is 0.0262. The first kappa shape index (κ1) is 35.0. The summed E-state index contributed by atoms with van der Waals surface area (Å²) in [6.45, 7) is 6.89. The van der Waals surface area contributed by atoms with E-state index in [-0.39, 0.29) is 19.4 Å². The maximum absolute atomic E-state index is 14.2. The molecular formula is C35H43N7O7. The molecule has 0 spiro atoms. The number of carbonyl (C=O) groups is 4. The van der Waals surface area contributed by atoms with Crippen LogP contribution in [0.2, 0.25) is 0 Å². The summed E-state index contributed by atoms with van der Waals surface area (Å²) in [6.07, 6.45) is 4.73. The number of fused-ring (bicyclic) bond motifs is 1. The summed E-state index contributed by atoms with van der Waals surface area (Å²) in [6, 6.07) is 14.0. The number of nitrogens with zero attached hydrogens (tertiary/aromatic N) is 5. The molecule has 0 radical (unpaired) electrons. The van der Waals surface area contributed by atoms with Crippen LogP contribution in [0.15, 0.2) is 66.7 Å². The summed E-state index contributed by atoms with van der Waals surface area (Å²) in [5.74, 6) is -0.745. The Hall–Kier alpha value is -5.27. The number of hydrogen-bond acceptors (Lipinski definition) is 9. The van der Waals surface area contributed by atoms with Crippen molar-refractivity contribution in [1.29, 1.82) is 0 Å². The lowest BCUT2D eigenvalue weighted by Crippen LogP contribution is -2.59. The summed E-state index contributed by atoms with van der Waals surface area (Å²) in [5, 5.41) is 28.7. The number of rotatable bonds is 7. The van der Waals surface area contributed by atoms with Gasteiger partial charge in [0.1, 0.15) is 29.2 Å². The van der Waals surface area contributed by atoms with Crippen LogP contribution in [-0.4, -0.2) is 83.9 Å². The monoisotopic (exact) mass is 673 g/mol. The number of amides is 3. The van der Waals surface area contributed by atoms with Gasteiger partial charge in [-0.2, -0.15) is 4.80 Å². The van der Waals surface area contributed by atoms with Crippen LogP contribution in [0.25, 0.3) is 11.4 Å².